The lowest BCUT2D eigenvalue weighted by atomic mass is 9.77. The van der Waals surface area contributed by atoms with Gasteiger partial charge in [-0.15, -0.1) is 0 Å². The second kappa shape index (κ2) is 4.92. The highest BCUT2D eigenvalue weighted by Crippen LogP contribution is 2.39. The number of allylic oxidation sites excluding steroid dienone is 3. The van der Waals surface area contributed by atoms with Gasteiger partial charge in [-0.2, -0.15) is 29.7 Å². The van der Waals surface area contributed by atoms with Crippen LogP contribution in [0.5, 0.6) is 0 Å². The van der Waals surface area contributed by atoms with Gasteiger partial charge in [0.1, 0.15) is 0 Å². The summed E-state index contributed by atoms with van der Waals surface area (Å²) in [6, 6.07) is 0. The van der Waals surface area contributed by atoms with Gasteiger partial charge in [-0.25, -0.2) is 0 Å². The molecule has 2 unspecified atom stereocenters. The quantitative estimate of drug-likeness (QED) is 0.569. The molecule has 15 heavy (non-hydrogen) atoms. The molecule has 0 aromatic carbocycles. The lowest BCUT2D eigenvalue weighted by Crippen LogP contribution is -2.19. The smallest absolute Gasteiger partial charge is 0.0459 e. The molecule has 0 nitrogen and oxygen atoms in total. The van der Waals surface area contributed by atoms with E-state index in [1.807, 2.05) is 0 Å². The summed E-state index contributed by atoms with van der Waals surface area (Å²) in [5.41, 5.74) is 2.95. The minimum absolute atomic E-state index is 0.737. The molecule has 0 fully saturated rings. The molecule has 0 aromatic rings. The monoisotopic (exact) mass is 205 g/mol. The van der Waals surface area contributed by atoms with E-state index in [4.69, 9.17) is 0 Å². The molecule has 0 aromatic heterocycles. The van der Waals surface area contributed by atoms with Gasteiger partial charge in [0.05, 0.1) is 0 Å². The maximum Gasteiger partial charge on any atom is -0.0459 e. The number of hydrogen-bond acceptors (Lipinski definition) is 0. The Morgan fingerprint density at radius 2 is 2.13 bits per heavy atom. The molecule has 0 radical (unpaired) electrons. The Labute approximate surface area is 95.5 Å². The van der Waals surface area contributed by atoms with Crippen molar-refractivity contribution in [1.29, 1.82) is 0 Å². The van der Waals surface area contributed by atoms with Crippen LogP contribution in [0.15, 0.2) is 23.8 Å². The third-order valence-corrected chi connectivity index (χ3v) is 3.70. The maximum absolute atomic E-state index is 4.19. The second-order valence-corrected chi connectivity index (χ2v) is 5.31. The van der Waals surface area contributed by atoms with Gasteiger partial charge in [-0.05, 0) is 12.3 Å². The predicted molar refractivity (Wildman–Crippen MR) is 68.5 cm³/mol. The Hall–Kier alpha value is -0.650. The zero-order valence-electron chi connectivity index (χ0n) is 10.9. The highest BCUT2D eigenvalue weighted by molar-refractivity contribution is 5.35. The summed E-state index contributed by atoms with van der Waals surface area (Å²) in [6.07, 6.45) is 4.73. The topological polar surface area (TPSA) is 0 Å². The van der Waals surface area contributed by atoms with Crippen LogP contribution in [0.1, 0.15) is 47.5 Å². The molecule has 86 valence electrons. The molecule has 0 saturated carbocycles. The van der Waals surface area contributed by atoms with Crippen LogP contribution in [0.4, 0.5) is 0 Å². The molecule has 1 aliphatic carbocycles. The van der Waals surface area contributed by atoms with Crippen molar-refractivity contribution in [3.05, 3.63) is 29.7 Å². The van der Waals surface area contributed by atoms with Crippen molar-refractivity contribution in [1.82, 2.24) is 0 Å². The standard InChI is InChI=1S/C15H25/c1-7-14-9-12(5)11(4)8-13(6)15(14)10(2)3/h9-10,13,15H,4,7-8H2,1-3,5-6H3/q-1. The van der Waals surface area contributed by atoms with E-state index >= 15 is 0 Å². The van der Waals surface area contributed by atoms with Crippen LogP contribution in [0.3, 0.4) is 0 Å². The van der Waals surface area contributed by atoms with Crippen molar-refractivity contribution >= 4 is 0 Å². The summed E-state index contributed by atoms with van der Waals surface area (Å²) < 4.78 is 0. The Kier molecular flexibility index (Phi) is 4.07. The Morgan fingerprint density at radius 3 is 2.60 bits per heavy atom. The van der Waals surface area contributed by atoms with Crippen LogP contribution in [0, 0.1) is 23.7 Å². The lowest BCUT2D eigenvalue weighted by molar-refractivity contribution is 0.313. The zero-order chi connectivity index (χ0) is 11.6. The SMILES string of the molecule is C=C1CC(C)C(C(C)C)C(CC)=C[C-]1C. The first-order valence-electron chi connectivity index (χ1n) is 6.19. The van der Waals surface area contributed by atoms with Crippen LogP contribution < -0.4 is 0 Å². The van der Waals surface area contributed by atoms with Crippen molar-refractivity contribution in [2.24, 2.45) is 17.8 Å². The van der Waals surface area contributed by atoms with Crippen LogP contribution >= 0.6 is 0 Å². The van der Waals surface area contributed by atoms with Gasteiger partial charge in [0.2, 0.25) is 0 Å². The molecule has 1 rings (SSSR count). The van der Waals surface area contributed by atoms with Crippen molar-refractivity contribution in [2.75, 3.05) is 0 Å². The van der Waals surface area contributed by atoms with Crippen LogP contribution in [0.2, 0.25) is 0 Å². The van der Waals surface area contributed by atoms with Gasteiger partial charge < -0.3 is 0 Å². The molecule has 0 aliphatic heterocycles. The van der Waals surface area contributed by atoms with E-state index in [0.717, 1.165) is 24.2 Å². The first-order valence-corrected chi connectivity index (χ1v) is 6.19. The van der Waals surface area contributed by atoms with Crippen molar-refractivity contribution in [2.45, 2.75) is 47.5 Å². The summed E-state index contributed by atoms with van der Waals surface area (Å²) in [5.74, 6) is 3.61. The maximum atomic E-state index is 4.19. The zero-order valence-corrected chi connectivity index (χ0v) is 10.9. The van der Waals surface area contributed by atoms with E-state index in [0.29, 0.717) is 0 Å². The highest BCUT2D eigenvalue weighted by atomic mass is 14.3. The summed E-state index contributed by atoms with van der Waals surface area (Å²) in [7, 11) is 0. The number of rotatable bonds is 2. The molecule has 0 saturated heterocycles. The Bertz CT molecular complexity index is 257. The summed E-state index contributed by atoms with van der Waals surface area (Å²) >= 11 is 0. The molecule has 0 spiro atoms. The molecule has 2 atom stereocenters. The minimum atomic E-state index is 0.737. The fourth-order valence-electron chi connectivity index (χ4n) is 2.94. The van der Waals surface area contributed by atoms with Crippen LogP contribution in [-0.4, -0.2) is 0 Å². The largest absolute Gasteiger partial charge is 0.190 e. The first kappa shape index (κ1) is 12.4. The Morgan fingerprint density at radius 1 is 1.53 bits per heavy atom. The van der Waals surface area contributed by atoms with Gasteiger partial charge in [-0.3, -0.25) is 0 Å². The van der Waals surface area contributed by atoms with Gasteiger partial charge >= 0.3 is 0 Å². The van der Waals surface area contributed by atoms with Gasteiger partial charge in [0, 0.05) is 0 Å². The van der Waals surface area contributed by atoms with E-state index in [9.17, 15) is 0 Å². The minimum Gasteiger partial charge on any atom is -0.190 e. The molecule has 1 aliphatic rings. The summed E-state index contributed by atoms with van der Waals surface area (Å²) in [6.45, 7) is 15.7. The van der Waals surface area contributed by atoms with E-state index in [2.05, 4.69) is 47.3 Å². The molecular weight excluding hydrogens is 180 g/mol. The average Bonchev–Trinajstić information content (AvgIpc) is 2.24. The van der Waals surface area contributed by atoms with E-state index < -0.39 is 0 Å². The fourth-order valence-corrected chi connectivity index (χ4v) is 2.94. The molecule has 0 bridgehead atoms. The average molecular weight is 205 g/mol. The van der Waals surface area contributed by atoms with E-state index in [-0.39, 0.29) is 0 Å². The molecular formula is C15H25-. The van der Waals surface area contributed by atoms with Gasteiger partial charge in [0.15, 0.2) is 0 Å². The van der Waals surface area contributed by atoms with Crippen molar-refractivity contribution in [3.63, 3.8) is 0 Å². The van der Waals surface area contributed by atoms with Gasteiger partial charge in [-0.1, -0.05) is 52.9 Å². The molecule has 0 amide bonds. The third-order valence-electron chi connectivity index (χ3n) is 3.70. The molecule has 0 N–H and O–H groups in total. The third kappa shape index (κ3) is 2.68. The van der Waals surface area contributed by atoms with Crippen molar-refractivity contribution < 1.29 is 0 Å². The lowest BCUT2D eigenvalue weighted by Gasteiger charge is -2.31. The number of hydrogen-bond donors (Lipinski definition) is 0. The molecule has 0 heterocycles. The molecule has 0 heteroatoms. The predicted octanol–water partition coefficient (Wildman–Crippen LogP) is 4.79. The van der Waals surface area contributed by atoms with Crippen LogP contribution in [0.25, 0.3) is 0 Å². The van der Waals surface area contributed by atoms with E-state index in [1.165, 1.54) is 17.9 Å². The fraction of sp³-hybridized carbons (Fsp3) is 0.667. The van der Waals surface area contributed by atoms with Crippen LogP contribution in [-0.2, 0) is 0 Å². The summed E-state index contributed by atoms with van der Waals surface area (Å²) in [4.78, 5) is 0. The highest BCUT2D eigenvalue weighted by Gasteiger charge is 2.23. The normalized spacial score (nSPS) is 28.0. The van der Waals surface area contributed by atoms with Crippen molar-refractivity contribution in [3.8, 4) is 0 Å². The van der Waals surface area contributed by atoms with E-state index in [1.54, 1.807) is 5.57 Å². The summed E-state index contributed by atoms with van der Waals surface area (Å²) in [5, 5.41) is 0. The second-order valence-electron chi connectivity index (χ2n) is 5.31. The Balaban J connectivity index is 3.02. The van der Waals surface area contributed by atoms with Gasteiger partial charge in [0.25, 0.3) is 0 Å². The first-order chi connectivity index (χ1) is 6.97.